The van der Waals surface area contributed by atoms with Crippen molar-refractivity contribution in [1.82, 2.24) is 15.5 Å². The molecule has 1 unspecified atom stereocenters. The molecule has 0 aromatic heterocycles. The molecule has 0 heterocycles. The fourth-order valence-corrected chi connectivity index (χ4v) is 3.19. The number of amides is 1. The molecule has 0 saturated heterocycles. The Balaban J connectivity index is 1.61. The van der Waals surface area contributed by atoms with E-state index in [9.17, 15) is 9.18 Å². The molecule has 2 aromatic rings. The Hall–Kier alpha value is -3.09. The van der Waals surface area contributed by atoms with E-state index in [-0.39, 0.29) is 17.8 Å². The van der Waals surface area contributed by atoms with Crippen molar-refractivity contribution < 1.29 is 13.9 Å². The number of carbonyl (C=O) groups is 1. The highest BCUT2D eigenvalue weighted by molar-refractivity contribution is 5.93. The molecule has 0 aliphatic heterocycles. The lowest BCUT2D eigenvalue weighted by molar-refractivity contribution is 0.0827. The third-order valence-electron chi connectivity index (χ3n) is 5.35. The van der Waals surface area contributed by atoms with Crippen LogP contribution in [0.2, 0.25) is 0 Å². The van der Waals surface area contributed by atoms with E-state index in [4.69, 9.17) is 4.74 Å². The van der Waals surface area contributed by atoms with Gasteiger partial charge in [0.25, 0.3) is 5.91 Å². The summed E-state index contributed by atoms with van der Waals surface area (Å²) in [6.45, 7) is 5.71. The summed E-state index contributed by atoms with van der Waals surface area (Å²) in [4.78, 5) is 18.2. The van der Waals surface area contributed by atoms with Gasteiger partial charge in [-0.1, -0.05) is 18.2 Å². The third kappa shape index (κ3) is 6.70. The topological polar surface area (TPSA) is 66.0 Å². The molecule has 32 heavy (non-hydrogen) atoms. The van der Waals surface area contributed by atoms with Crippen LogP contribution in [0.25, 0.3) is 0 Å². The first-order valence-corrected chi connectivity index (χ1v) is 11.1. The van der Waals surface area contributed by atoms with Crippen molar-refractivity contribution in [2.45, 2.75) is 39.3 Å². The molecule has 1 amide bonds. The highest BCUT2D eigenvalue weighted by Gasteiger charge is 2.22. The van der Waals surface area contributed by atoms with Gasteiger partial charge in [0.1, 0.15) is 0 Å². The van der Waals surface area contributed by atoms with Crippen LogP contribution >= 0.6 is 0 Å². The van der Waals surface area contributed by atoms with E-state index in [2.05, 4.69) is 15.6 Å². The number of guanidine groups is 1. The number of rotatable bonds is 9. The van der Waals surface area contributed by atoms with Crippen LogP contribution in [0, 0.1) is 11.7 Å². The first-order valence-electron chi connectivity index (χ1n) is 11.1. The lowest BCUT2D eigenvalue weighted by atomic mass is 10.1. The molecule has 2 N–H and O–H groups in total. The summed E-state index contributed by atoms with van der Waals surface area (Å²) in [5.41, 5.74) is 2.46. The number of nitrogens with one attached hydrogen (secondary N) is 2. The van der Waals surface area contributed by atoms with E-state index in [1.807, 2.05) is 44.2 Å². The Labute approximate surface area is 189 Å². The zero-order valence-electron chi connectivity index (χ0n) is 19.3. The fraction of sp³-hybridized carbons (Fsp3) is 0.440. The Bertz CT molecular complexity index is 939. The van der Waals surface area contributed by atoms with Gasteiger partial charge in [-0.25, -0.2) is 9.38 Å². The number of carbonyl (C=O) groups excluding carboxylic acids is 1. The molecule has 0 radical (unpaired) electrons. The first kappa shape index (κ1) is 23.6. The summed E-state index contributed by atoms with van der Waals surface area (Å²) in [6.07, 6.45) is 2.34. The largest absolute Gasteiger partial charge is 0.490 e. The van der Waals surface area contributed by atoms with Gasteiger partial charge >= 0.3 is 0 Å². The molecule has 172 valence electrons. The average Bonchev–Trinajstić information content (AvgIpc) is 3.61. The Kier molecular flexibility index (Phi) is 8.09. The minimum Gasteiger partial charge on any atom is -0.490 e. The second-order valence-electron chi connectivity index (χ2n) is 8.40. The van der Waals surface area contributed by atoms with Gasteiger partial charge in [-0.05, 0) is 68.0 Å². The van der Waals surface area contributed by atoms with Crippen molar-refractivity contribution in [1.29, 1.82) is 0 Å². The predicted octanol–water partition coefficient (Wildman–Crippen LogP) is 4.13. The van der Waals surface area contributed by atoms with E-state index in [0.29, 0.717) is 42.9 Å². The zero-order chi connectivity index (χ0) is 23.1. The molecule has 0 bridgehead atoms. The van der Waals surface area contributed by atoms with Gasteiger partial charge in [0.05, 0.1) is 19.2 Å². The zero-order valence-corrected chi connectivity index (χ0v) is 19.3. The van der Waals surface area contributed by atoms with E-state index in [1.54, 1.807) is 25.1 Å². The molecule has 1 aliphatic carbocycles. The first-order chi connectivity index (χ1) is 15.4. The van der Waals surface area contributed by atoms with Crippen LogP contribution < -0.4 is 15.4 Å². The van der Waals surface area contributed by atoms with Gasteiger partial charge in [0, 0.05) is 26.2 Å². The third-order valence-corrected chi connectivity index (χ3v) is 5.35. The Morgan fingerprint density at radius 3 is 2.53 bits per heavy atom. The van der Waals surface area contributed by atoms with E-state index < -0.39 is 0 Å². The molecule has 3 rings (SSSR count). The van der Waals surface area contributed by atoms with Gasteiger partial charge in [-0.3, -0.25) is 4.79 Å². The second kappa shape index (κ2) is 11.0. The van der Waals surface area contributed by atoms with Gasteiger partial charge in [-0.2, -0.15) is 0 Å². The Morgan fingerprint density at radius 2 is 1.94 bits per heavy atom. The molecule has 2 aromatic carbocycles. The lowest BCUT2D eigenvalue weighted by Crippen LogP contribution is -2.38. The maximum atomic E-state index is 14.4. The monoisotopic (exact) mass is 440 g/mol. The van der Waals surface area contributed by atoms with Crippen LogP contribution in [0.5, 0.6) is 5.75 Å². The van der Waals surface area contributed by atoms with Crippen molar-refractivity contribution in [3.8, 4) is 5.75 Å². The minimum absolute atomic E-state index is 0.0277. The van der Waals surface area contributed by atoms with E-state index in [0.717, 1.165) is 11.1 Å². The standard InChI is InChI=1S/C25H33FN4O2/c1-5-27-25(28-15-18-8-10-20(11-9-18)24(31)30(3)4)29-17(2)21-12-13-23(22(26)14-21)32-16-19-6-7-19/h8-14,17,19H,5-7,15-16H2,1-4H3,(H2,27,28,29). The maximum absolute atomic E-state index is 14.4. The molecule has 1 aliphatic rings. The summed E-state index contributed by atoms with van der Waals surface area (Å²) >= 11 is 0. The van der Waals surface area contributed by atoms with Gasteiger partial charge < -0.3 is 20.3 Å². The van der Waals surface area contributed by atoms with Crippen LogP contribution in [0.15, 0.2) is 47.5 Å². The second-order valence-corrected chi connectivity index (χ2v) is 8.40. The van der Waals surface area contributed by atoms with E-state index >= 15 is 0 Å². The van der Waals surface area contributed by atoms with Crippen molar-refractivity contribution >= 4 is 11.9 Å². The normalized spacial score (nSPS) is 14.6. The number of hydrogen-bond acceptors (Lipinski definition) is 3. The van der Waals surface area contributed by atoms with E-state index in [1.165, 1.54) is 18.9 Å². The van der Waals surface area contributed by atoms with Crippen LogP contribution in [0.1, 0.15) is 54.2 Å². The number of halogens is 1. The number of benzene rings is 2. The minimum atomic E-state index is -0.342. The molecule has 7 heteroatoms. The Morgan fingerprint density at radius 1 is 1.22 bits per heavy atom. The SMILES string of the molecule is CCNC(=NCc1ccc(C(=O)N(C)C)cc1)NC(C)c1ccc(OCC2CC2)c(F)c1. The molecule has 1 atom stereocenters. The number of ether oxygens (including phenoxy) is 1. The quantitative estimate of drug-likeness (QED) is 0.455. The summed E-state index contributed by atoms with van der Waals surface area (Å²) < 4.78 is 20.0. The van der Waals surface area contributed by atoms with Crippen LogP contribution in [-0.2, 0) is 6.54 Å². The predicted molar refractivity (Wildman–Crippen MR) is 125 cm³/mol. The average molecular weight is 441 g/mol. The maximum Gasteiger partial charge on any atom is 0.253 e. The molecular weight excluding hydrogens is 407 g/mol. The number of aliphatic imine (C=N–C) groups is 1. The molecule has 6 nitrogen and oxygen atoms in total. The molecule has 1 fully saturated rings. The van der Waals surface area contributed by atoms with Gasteiger partial charge in [0.15, 0.2) is 17.5 Å². The van der Waals surface area contributed by atoms with Crippen molar-refractivity contribution in [3.05, 3.63) is 65.0 Å². The number of hydrogen-bond donors (Lipinski definition) is 2. The smallest absolute Gasteiger partial charge is 0.253 e. The van der Waals surface area contributed by atoms with Crippen molar-refractivity contribution in [2.24, 2.45) is 10.9 Å². The van der Waals surface area contributed by atoms with Crippen LogP contribution in [0.4, 0.5) is 4.39 Å². The molecule has 0 spiro atoms. The van der Waals surface area contributed by atoms with Crippen molar-refractivity contribution in [2.75, 3.05) is 27.2 Å². The van der Waals surface area contributed by atoms with Gasteiger partial charge in [0.2, 0.25) is 0 Å². The summed E-state index contributed by atoms with van der Waals surface area (Å²) in [6, 6.07) is 12.4. The fourth-order valence-electron chi connectivity index (χ4n) is 3.19. The highest BCUT2D eigenvalue weighted by atomic mass is 19.1. The highest BCUT2D eigenvalue weighted by Crippen LogP contribution is 2.30. The summed E-state index contributed by atoms with van der Waals surface area (Å²) in [7, 11) is 3.47. The molecular formula is C25H33FN4O2. The van der Waals surface area contributed by atoms with Crippen molar-refractivity contribution in [3.63, 3.8) is 0 Å². The molecule has 1 saturated carbocycles. The van der Waals surface area contributed by atoms with Crippen LogP contribution in [0.3, 0.4) is 0 Å². The lowest BCUT2D eigenvalue weighted by Gasteiger charge is -2.19. The summed E-state index contributed by atoms with van der Waals surface area (Å²) in [5, 5.41) is 6.55. The van der Waals surface area contributed by atoms with Crippen LogP contribution in [-0.4, -0.2) is 44.0 Å². The van der Waals surface area contributed by atoms with Gasteiger partial charge in [-0.15, -0.1) is 0 Å². The summed E-state index contributed by atoms with van der Waals surface area (Å²) in [5.74, 6) is 1.16. The number of nitrogens with zero attached hydrogens (tertiary/aromatic N) is 2.